The molecule has 2 aromatic heterocycles. The Morgan fingerprint density at radius 1 is 0.977 bits per heavy atom. The van der Waals surface area contributed by atoms with Crippen LogP contribution in [0.25, 0.3) is 32.9 Å². The molecule has 0 fully saturated rings. The summed E-state index contributed by atoms with van der Waals surface area (Å²) >= 11 is 0. The minimum atomic E-state index is -0.306. The van der Waals surface area contributed by atoms with Crippen molar-refractivity contribution in [3.8, 4) is 17.0 Å². The lowest BCUT2D eigenvalue weighted by atomic mass is 10.0. The van der Waals surface area contributed by atoms with E-state index in [4.69, 9.17) is 14.6 Å². The third kappa shape index (κ3) is 7.06. The summed E-state index contributed by atoms with van der Waals surface area (Å²) in [5.41, 5.74) is 4.80. The molecule has 9 heteroatoms. The lowest BCUT2D eigenvalue weighted by molar-refractivity contribution is -0.168. The van der Waals surface area contributed by atoms with Crippen LogP contribution in [0.1, 0.15) is 55.2 Å². The number of fused-ring (bicyclic) bond motifs is 2. The second kappa shape index (κ2) is 13.6. The number of unbranched alkanes of at least 4 members (excludes halogenated alkanes) is 2. The third-order valence-corrected chi connectivity index (χ3v) is 7.99. The van der Waals surface area contributed by atoms with Gasteiger partial charge in [-0.1, -0.05) is 49.2 Å². The number of aryl methyl sites for hydroxylation is 1. The van der Waals surface area contributed by atoms with Crippen LogP contribution in [0.2, 0.25) is 0 Å². The fourth-order valence-corrected chi connectivity index (χ4v) is 5.48. The van der Waals surface area contributed by atoms with Gasteiger partial charge in [0.15, 0.2) is 0 Å². The minimum Gasteiger partial charge on any atom is -0.497 e. The lowest BCUT2D eigenvalue weighted by Gasteiger charge is -2.17. The summed E-state index contributed by atoms with van der Waals surface area (Å²) in [6.07, 6.45) is 5.56. The van der Waals surface area contributed by atoms with E-state index in [1.54, 1.807) is 14.2 Å². The average Bonchev–Trinajstić information content (AvgIpc) is 3.64. The number of H-pyrrole nitrogens is 2. The Morgan fingerprint density at radius 2 is 1.79 bits per heavy atom. The number of aromatic nitrogens is 3. The summed E-state index contributed by atoms with van der Waals surface area (Å²) < 4.78 is 5.42. The second-order valence-corrected chi connectivity index (χ2v) is 10.9. The van der Waals surface area contributed by atoms with Crippen LogP contribution in [-0.4, -0.2) is 53.1 Å². The molecule has 3 aromatic carbocycles. The van der Waals surface area contributed by atoms with E-state index in [1.165, 1.54) is 17.6 Å². The second-order valence-electron chi connectivity index (χ2n) is 10.9. The molecule has 0 radical (unpaired) electrons. The van der Waals surface area contributed by atoms with Crippen LogP contribution in [0.3, 0.4) is 0 Å². The fourth-order valence-electron chi connectivity index (χ4n) is 5.48. The predicted molar refractivity (Wildman–Crippen MR) is 169 cm³/mol. The van der Waals surface area contributed by atoms with Gasteiger partial charge in [0.1, 0.15) is 11.6 Å². The highest BCUT2D eigenvalue weighted by Gasteiger charge is 2.21. The van der Waals surface area contributed by atoms with E-state index in [2.05, 4.69) is 45.6 Å². The SMILES string of the molecule is COc1ccc2[nH]c(C)c(CC(=O)NC(CCCCCC(=O)N(C)OC)c3ncc(-c4ccc5ccccc5c4)[nH]3)c2c1. The van der Waals surface area contributed by atoms with Gasteiger partial charge in [-0.05, 0) is 60.4 Å². The molecular weight excluding hydrogens is 542 g/mol. The summed E-state index contributed by atoms with van der Waals surface area (Å²) in [5, 5.41) is 7.80. The first kappa shape index (κ1) is 29.8. The van der Waals surface area contributed by atoms with Crippen LogP contribution in [0.4, 0.5) is 0 Å². The van der Waals surface area contributed by atoms with E-state index >= 15 is 0 Å². The number of carbonyl (C=O) groups excluding carboxylic acids is 2. The van der Waals surface area contributed by atoms with Gasteiger partial charge in [0, 0.05) is 35.6 Å². The molecule has 0 bridgehead atoms. The smallest absolute Gasteiger partial charge is 0.245 e. The van der Waals surface area contributed by atoms with Crippen LogP contribution in [0.15, 0.2) is 66.9 Å². The van der Waals surface area contributed by atoms with Gasteiger partial charge in [-0.15, -0.1) is 0 Å². The highest BCUT2D eigenvalue weighted by atomic mass is 16.7. The number of nitrogens with zero attached hydrogens (tertiary/aromatic N) is 2. The molecule has 0 aliphatic carbocycles. The van der Waals surface area contributed by atoms with Crippen molar-refractivity contribution in [2.24, 2.45) is 0 Å². The first-order valence-corrected chi connectivity index (χ1v) is 14.7. The number of imidazole rings is 1. The van der Waals surface area contributed by atoms with E-state index in [-0.39, 0.29) is 24.3 Å². The Labute approximate surface area is 251 Å². The number of carbonyl (C=O) groups is 2. The molecule has 0 spiro atoms. The molecule has 5 aromatic rings. The van der Waals surface area contributed by atoms with Gasteiger partial charge >= 0.3 is 0 Å². The van der Waals surface area contributed by atoms with Crippen molar-refractivity contribution in [3.63, 3.8) is 0 Å². The Hall–Kier alpha value is -4.63. The topological polar surface area (TPSA) is 112 Å². The molecule has 9 nitrogen and oxygen atoms in total. The van der Waals surface area contributed by atoms with Gasteiger partial charge in [-0.3, -0.25) is 14.4 Å². The molecule has 0 saturated heterocycles. The summed E-state index contributed by atoms with van der Waals surface area (Å²) in [6.45, 7) is 1.98. The number of amides is 2. The molecule has 43 heavy (non-hydrogen) atoms. The van der Waals surface area contributed by atoms with E-state index < -0.39 is 0 Å². The van der Waals surface area contributed by atoms with Crippen molar-refractivity contribution in [3.05, 3.63) is 83.9 Å². The molecule has 0 aliphatic heterocycles. The van der Waals surface area contributed by atoms with Gasteiger partial charge < -0.3 is 20.0 Å². The zero-order valence-electron chi connectivity index (χ0n) is 25.2. The number of hydroxylamine groups is 2. The Morgan fingerprint density at radius 3 is 2.58 bits per heavy atom. The van der Waals surface area contributed by atoms with Gasteiger partial charge in [-0.25, -0.2) is 10.0 Å². The van der Waals surface area contributed by atoms with Gasteiger partial charge in [0.2, 0.25) is 11.8 Å². The number of hydrogen-bond acceptors (Lipinski definition) is 5. The van der Waals surface area contributed by atoms with Crippen LogP contribution >= 0.6 is 0 Å². The van der Waals surface area contributed by atoms with Gasteiger partial charge in [0.25, 0.3) is 0 Å². The van der Waals surface area contributed by atoms with Crippen LogP contribution in [-0.2, 0) is 20.8 Å². The molecule has 0 saturated carbocycles. The minimum absolute atomic E-state index is 0.0517. The highest BCUT2D eigenvalue weighted by Crippen LogP contribution is 2.28. The third-order valence-electron chi connectivity index (χ3n) is 7.99. The van der Waals surface area contributed by atoms with Crippen molar-refractivity contribution in [2.45, 2.75) is 51.5 Å². The van der Waals surface area contributed by atoms with E-state index in [0.717, 1.165) is 63.8 Å². The molecule has 224 valence electrons. The zero-order chi connectivity index (χ0) is 30.3. The van der Waals surface area contributed by atoms with Crippen LogP contribution in [0.5, 0.6) is 5.75 Å². The molecule has 1 unspecified atom stereocenters. The molecule has 1 atom stereocenters. The van der Waals surface area contributed by atoms with Gasteiger partial charge in [0.05, 0.1) is 38.6 Å². The summed E-state index contributed by atoms with van der Waals surface area (Å²) in [7, 11) is 4.73. The number of ether oxygens (including phenoxy) is 1. The van der Waals surface area contributed by atoms with Crippen molar-refractivity contribution < 1.29 is 19.2 Å². The molecule has 2 amide bonds. The normalized spacial score (nSPS) is 12.0. The number of nitrogens with one attached hydrogen (secondary N) is 3. The van der Waals surface area contributed by atoms with Crippen LogP contribution < -0.4 is 10.1 Å². The van der Waals surface area contributed by atoms with Crippen molar-refractivity contribution >= 4 is 33.5 Å². The summed E-state index contributed by atoms with van der Waals surface area (Å²) in [5.74, 6) is 1.32. The number of rotatable bonds is 13. The predicted octanol–water partition coefficient (Wildman–Crippen LogP) is 6.40. The maximum atomic E-state index is 13.5. The first-order valence-electron chi connectivity index (χ1n) is 14.7. The summed E-state index contributed by atoms with van der Waals surface area (Å²) in [4.78, 5) is 42.1. The van der Waals surface area contributed by atoms with Crippen molar-refractivity contribution in [1.29, 1.82) is 0 Å². The number of benzene rings is 3. The lowest BCUT2D eigenvalue weighted by Crippen LogP contribution is -2.30. The van der Waals surface area contributed by atoms with E-state index in [1.807, 2.05) is 43.5 Å². The quantitative estimate of drug-likeness (QED) is 0.110. The molecular formula is C34H39N5O4. The molecule has 5 rings (SSSR count). The van der Waals surface area contributed by atoms with Crippen molar-refractivity contribution in [2.75, 3.05) is 21.3 Å². The first-order chi connectivity index (χ1) is 20.9. The maximum absolute atomic E-state index is 13.5. The van der Waals surface area contributed by atoms with Gasteiger partial charge in [-0.2, -0.15) is 0 Å². The molecule has 3 N–H and O–H groups in total. The monoisotopic (exact) mass is 581 g/mol. The Balaban J connectivity index is 1.32. The number of methoxy groups -OCH3 is 1. The summed E-state index contributed by atoms with van der Waals surface area (Å²) in [6, 6.07) is 20.1. The largest absolute Gasteiger partial charge is 0.497 e. The standard InChI is InChI=1S/C34H39N5O4/c1-22-27(28-19-26(42-3)16-17-29(28)36-22)20-32(40)37-30(12-6-5-7-13-33(41)39(2)43-4)34-35-21-31(38-34)25-15-14-23-10-8-9-11-24(23)18-25/h8-11,14-19,21,30,36H,5-7,12-13,20H2,1-4H3,(H,35,38)(H,37,40). The van der Waals surface area contributed by atoms with E-state index in [9.17, 15) is 9.59 Å². The number of hydrogen-bond donors (Lipinski definition) is 3. The average molecular weight is 582 g/mol. The maximum Gasteiger partial charge on any atom is 0.245 e. The van der Waals surface area contributed by atoms with Crippen LogP contribution in [0, 0.1) is 6.92 Å². The fraction of sp³-hybridized carbons (Fsp3) is 0.324. The highest BCUT2D eigenvalue weighted by molar-refractivity contribution is 5.91. The molecule has 0 aliphatic rings. The molecule has 2 heterocycles. The number of aromatic amines is 2. The Bertz CT molecular complexity index is 1720. The Kier molecular flexibility index (Phi) is 9.41. The van der Waals surface area contributed by atoms with Crippen molar-refractivity contribution in [1.82, 2.24) is 25.3 Å². The zero-order valence-corrected chi connectivity index (χ0v) is 25.2. The van der Waals surface area contributed by atoms with E-state index in [0.29, 0.717) is 18.7 Å².